The number of carboxylic acids is 3. The predicted molar refractivity (Wildman–Crippen MR) is 216 cm³/mol. The number of amides is 2. The quantitative estimate of drug-likeness (QED) is 0.0977. The number of carbonyl (C=O) groups excluding carboxylic acids is 2. The molecule has 0 bridgehead atoms. The zero-order valence-electron chi connectivity index (χ0n) is 32.9. The maximum atomic E-state index is 14.1. The lowest BCUT2D eigenvalue weighted by molar-refractivity contribution is -0.145. The molecule has 3 fully saturated rings. The van der Waals surface area contributed by atoms with Crippen LogP contribution in [-0.2, 0) is 56.1 Å². The number of carbonyl (C=O) groups is 5. The molecule has 58 heavy (non-hydrogen) atoms. The van der Waals surface area contributed by atoms with Gasteiger partial charge in [-0.25, -0.2) is 0 Å². The summed E-state index contributed by atoms with van der Waals surface area (Å²) in [7, 11) is 0. The summed E-state index contributed by atoms with van der Waals surface area (Å²) in [6, 6.07) is 21.9. The maximum absolute atomic E-state index is 14.1. The number of ether oxygens (including phenoxy) is 1. The number of imide groups is 1. The van der Waals surface area contributed by atoms with Gasteiger partial charge in [0.05, 0.1) is 37.1 Å². The van der Waals surface area contributed by atoms with Crippen molar-refractivity contribution in [3.05, 3.63) is 101 Å². The Hall–Kier alpha value is -5.11. The number of hydrogen-bond donors (Lipinski definition) is 6. The fourth-order valence-corrected chi connectivity index (χ4v) is 8.87. The molecule has 0 spiro atoms. The molecule has 13 nitrogen and oxygen atoms in total. The average Bonchev–Trinajstić information content (AvgIpc) is 4.02. The van der Waals surface area contributed by atoms with Gasteiger partial charge in [-0.15, -0.1) is 0 Å². The number of nitrogens with zero attached hydrogens (tertiary/aromatic N) is 1. The first kappa shape index (κ1) is 42.5. The third-order valence-electron chi connectivity index (χ3n) is 12.1. The van der Waals surface area contributed by atoms with Gasteiger partial charge >= 0.3 is 17.9 Å². The third-order valence-corrected chi connectivity index (χ3v) is 12.1. The molecule has 13 heteroatoms. The van der Waals surface area contributed by atoms with Crippen molar-refractivity contribution in [3.63, 3.8) is 0 Å². The van der Waals surface area contributed by atoms with E-state index in [-0.39, 0.29) is 43.7 Å². The van der Waals surface area contributed by atoms with E-state index in [9.17, 15) is 39.3 Å². The van der Waals surface area contributed by atoms with E-state index in [0.29, 0.717) is 55.8 Å². The summed E-state index contributed by atoms with van der Waals surface area (Å²) in [4.78, 5) is 65.8. The lowest BCUT2D eigenvalue weighted by atomic mass is 9.86. The molecule has 6 atom stereocenters. The molecule has 310 valence electrons. The summed E-state index contributed by atoms with van der Waals surface area (Å²) in [5.74, 6) is -4.43. The van der Waals surface area contributed by atoms with Gasteiger partial charge in [-0.3, -0.25) is 28.9 Å². The summed E-state index contributed by atoms with van der Waals surface area (Å²) >= 11 is 0. The Kier molecular flexibility index (Phi) is 15.0. The van der Waals surface area contributed by atoms with Crippen LogP contribution in [0.5, 0.6) is 5.75 Å². The highest BCUT2D eigenvalue weighted by Crippen LogP contribution is 2.27. The van der Waals surface area contributed by atoms with Crippen molar-refractivity contribution < 1.29 is 44.0 Å². The van der Waals surface area contributed by atoms with Crippen molar-refractivity contribution in [1.29, 1.82) is 0 Å². The molecule has 3 aliphatic rings. The molecule has 0 saturated carbocycles. The van der Waals surface area contributed by atoms with Gasteiger partial charge in [0.25, 0.3) is 0 Å². The molecule has 0 unspecified atom stereocenters. The van der Waals surface area contributed by atoms with Gasteiger partial charge < -0.3 is 36.0 Å². The standard InChI is InChI=1S/C45H56N4O9/c50-41(24-31-6-1-4-29(18-31)21-38(43(52)53)34-10-13-46-26-34)49(16-17-58-37-9-3-8-33(20-37)23-40(45(56)57)36-12-15-48-28-36)42(51)25-32-7-2-5-30(19-32)22-39(44(54)55)35-11-14-47-27-35/h1-9,18-20,34-36,38-40,46-48H,10-17,21-28H2,(H,52,53)(H,54,55)(H,56,57)/t34-,35-,36-,38-,39-,40-/m0/s1. The van der Waals surface area contributed by atoms with E-state index < -0.39 is 47.5 Å². The highest BCUT2D eigenvalue weighted by molar-refractivity contribution is 5.97. The first-order chi connectivity index (χ1) is 28.0. The monoisotopic (exact) mass is 796 g/mol. The van der Waals surface area contributed by atoms with Crippen LogP contribution in [0.1, 0.15) is 47.1 Å². The fraction of sp³-hybridized carbons (Fsp3) is 0.489. The van der Waals surface area contributed by atoms with Crippen molar-refractivity contribution in [1.82, 2.24) is 20.9 Å². The van der Waals surface area contributed by atoms with Crippen molar-refractivity contribution in [2.75, 3.05) is 52.4 Å². The van der Waals surface area contributed by atoms with Crippen molar-refractivity contribution >= 4 is 29.7 Å². The Morgan fingerprint density at radius 1 is 0.569 bits per heavy atom. The summed E-state index contributed by atoms with van der Waals surface area (Å²) in [6.45, 7) is 4.31. The number of benzene rings is 3. The minimum absolute atomic E-state index is 0.00134. The largest absolute Gasteiger partial charge is 0.492 e. The van der Waals surface area contributed by atoms with Gasteiger partial charge in [-0.2, -0.15) is 0 Å². The van der Waals surface area contributed by atoms with Gasteiger partial charge in [0, 0.05) is 0 Å². The normalized spacial score (nSPS) is 20.6. The van der Waals surface area contributed by atoms with Crippen molar-refractivity contribution in [2.24, 2.45) is 35.5 Å². The highest BCUT2D eigenvalue weighted by atomic mass is 16.5. The first-order valence-electron chi connectivity index (χ1n) is 20.5. The number of aliphatic carboxylic acids is 3. The zero-order valence-corrected chi connectivity index (χ0v) is 32.9. The fourth-order valence-electron chi connectivity index (χ4n) is 8.87. The molecule has 0 radical (unpaired) electrons. The molecule has 3 heterocycles. The van der Waals surface area contributed by atoms with Crippen LogP contribution in [0.3, 0.4) is 0 Å². The number of carboxylic acid groups (broad SMARTS) is 3. The average molecular weight is 797 g/mol. The van der Waals surface area contributed by atoms with Crippen LogP contribution in [0.4, 0.5) is 0 Å². The van der Waals surface area contributed by atoms with E-state index in [1.54, 1.807) is 30.3 Å². The van der Waals surface area contributed by atoms with E-state index in [2.05, 4.69) is 16.0 Å². The van der Waals surface area contributed by atoms with Crippen LogP contribution in [0.2, 0.25) is 0 Å². The maximum Gasteiger partial charge on any atom is 0.307 e. The van der Waals surface area contributed by atoms with E-state index in [1.807, 2.05) is 42.5 Å². The van der Waals surface area contributed by atoms with Crippen LogP contribution in [0.15, 0.2) is 72.8 Å². The molecule has 6 rings (SSSR count). The lowest BCUT2D eigenvalue weighted by Gasteiger charge is -2.23. The topological polar surface area (TPSA) is 195 Å². The van der Waals surface area contributed by atoms with Crippen LogP contribution in [0, 0.1) is 35.5 Å². The number of nitrogens with one attached hydrogen (secondary N) is 3. The second-order valence-corrected chi connectivity index (χ2v) is 16.1. The van der Waals surface area contributed by atoms with E-state index in [4.69, 9.17) is 4.74 Å². The molecule has 3 aliphatic heterocycles. The lowest BCUT2D eigenvalue weighted by Crippen LogP contribution is -2.41. The smallest absolute Gasteiger partial charge is 0.307 e. The molecule has 2 amide bonds. The molecular formula is C45H56N4O9. The van der Waals surface area contributed by atoms with Gasteiger partial charge in [0.1, 0.15) is 12.4 Å². The van der Waals surface area contributed by atoms with E-state index >= 15 is 0 Å². The van der Waals surface area contributed by atoms with Crippen molar-refractivity contribution in [3.8, 4) is 5.75 Å². The second kappa shape index (κ2) is 20.5. The predicted octanol–water partition coefficient (Wildman–Crippen LogP) is 3.46. The Morgan fingerprint density at radius 2 is 0.948 bits per heavy atom. The molecule has 6 N–H and O–H groups in total. The van der Waals surface area contributed by atoms with Gasteiger partial charge in [0.15, 0.2) is 0 Å². The number of hydrogen-bond acceptors (Lipinski definition) is 9. The second-order valence-electron chi connectivity index (χ2n) is 16.1. The third kappa shape index (κ3) is 11.7. The Labute approximate surface area is 339 Å². The van der Waals surface area contributed by atoms with Crippen LogP contribution in [0.25, 0.3) is 0 Å². The Bertz CT molecular complexity index is 1810. The van der Waals surface area contributed by atoms with Crippen LogP contribution in [-0.4, -0.2) is 102 Å². The Balaban J connectivity index is 1.15. The van der Waals surface area contributed by atoms with E-state index in [0.717, 1.165) is 55.6 Å². The molecular weight excluding hydrogens is 741 g/mol. The first-order valence-corrected chi connectivity index (χ1v) is 20.5. The molecule has 3 aromatic carbocycles. The summed E-state index contributed by atoms with van der Waals surface area (Å²) < 4.78 is 6.09. The molecule has 0 aromatic heterocycles. The van der Waals surface area contributed by atoms with Crippen LogP contribution < -0.4 is 20.7 Å². The summed E-state index contributed by atoms with van der Waals surface area (Å²) in [5, 5.41) is 39.7. The summed E-state index contributed by atoms with van der Waals surface area (Å²) in [6.07, 6.45) is 3.25. The molecule has 3 saturated heterocycles. The number of rotatable bonds is 20. The van der Waals surface area contributed by atoms with Crippen molar-refractivity contribution in [2.45, 2.75) is 51.4 Å². The minimum atomic E-state index is -0.844. The van der Waals surface area contributed by atoms with Gasteiger partial charge in [-0.05, 0) is 135 Å². The summed E-state index contributed by atoms with van der Waals surface area (Å²) in [5.41, 5.74) is 3.77. The minimum Gasteiger partial charge on any atom is -0.492 e. The van der Waals surface area contributed by atoms with E-state index in [1.165, 1.54) is 4.90 Å². The molecule has 0 aliphatic carbocycles. The van der Waals surface area contributed by atoms with Crippen LogP contribution >= 0.6 is 0 Å². The Morgan fingerprint density at radius 3 is 1.33 bits per heavy atom. The molecule has 3 aromatic rings. The zero-order chi connectivity index (χ0) is 41.0. The SMILES string of the molecule is O=C(O)[C@@H](Cc1cccc(CC(=O)N(CCOc2cccc(C[C@H](C(=O)O)[C@H]3CCNC3)c2)C(=O)Cc2cccc(C[C@H](C(=O)O)[C@H]3CCNC3)c2)c1)[C@H]1CCNC1. The van der Waals surface area contributed by atoms with Gasteiger partial charge in [-0.1, -0.05) is 60.7 Å². The highest BCUT2D eigenvalue weighted by Gasteiger charge is 2.33. The van der Waals surface area contributed by atoms with Gasteiger partial charge in [0.2, 0.25) is 11.8 Å².